The van der Waals surface area contributed by atoms with Crippen LogP contribution in [0.15, 0.2) is 0 Å². The monoisotopic (exact) mass is 312 g/mol. The van der Waals surface area contributed by atoms with Crippen molar-refractivity contribution in [3.63, 3.8) is 0 Å². The molecule has 6 nitrogen and oxygen atoms in total. The van der Waals surface area contributed by atoms with Crippen LogP contribution < -0.4 is 0 Å². The highest BCUT2D eigenvalue weighted by Gasteiger charge is 2.18. The molecule has 0 unspecified atom stereocenters. The van der Waals surface area contributed by atoms with Crippen LogP contribution in [0.25, 0.3) is 0 Å². The molecule has 22 heavy (non-hydrogen) atoms. The first-order valence-electron chi connectivity index (χ1n) is 8.43. The molecule has 2 aliphatic rings. The van der Waals surface area contributed by atoms with Gasteiger partial charge in [-0.3, -0.25) is 14.5 Å². The van der Waals surface area contributed by atoms with Crippen molar-refractivity contribution in [3.05, 3.63) is 0 Å². The predicted octanol–water partition coefficient (Wildman–Crippen LogP) is 0.697. The molecule has 0 aliphatic carbocycles. The summed E-state index contributed by atoms with van der Waals surface area (Å²) in [6.45, 7) is 6.15. The van der Waals surface area contributed by atoms with Crippen LogP contribution in [0.5, 0.6) is 0 Å². The van der Waals surface area contributed by atoms with Gasteiger partial charge in [-0.05, 0) is 12.8 Å². The SMILES string of the molecule is O=C1CCN(CCOCCOCCN2CCCCCC2=O)C1. The van der Waals surface area contributed by atoms with Crippen LogP contribution in [0.1, 0.15) is 32.1 Å². The largest absolute Gasteiger partial charge is 0.378 e. The van der Waals surface area contributed by atoms with Crippen molar-refractivity contribution >= 4 is 11.7 Å². The zero-order chi connectivity index (χ0) is 15.6. The average Bonchev–Trinajstić information content (AvgIpc) is 2.81. The molecule has 1 amide bonds. The topological polar surface area (TPSA) is 59.1 Å². The Labute approximate surface area is 132 Å². The highest BCUT2D eigenvalue weighted by Crippen LogP contribution is 2.10. The van der Waals surface area contributed by atoms with Crippen LogP contribution in [0, 0.1) is 0 Å². The fourth-order valence-corrected chi connectivity index (χ4v) is 2.85. The third kappa shape index (κ3) is 6.42. The molecule has 0 radical (unpaired) electrons. The van der Waals surface area contributed by atoms with Crippen molar-refractivity contribution in [1.82, 2.24) is 9.80 Å². The summed E-state index contributed by atoms with van der Waals surface area (Å²) in [4.78, 5) is 26.9. The van der Waals surface area contributed by atoms with Gasteiger partial charge >= 0.3 is 0 Å². The molecule has 0 atom stereocenters. The van der Waals surface area contributed by atoms with E-state index in [0.717, 1.165) is 38.9 Å². The fourth-order valence-electron chi connectivity index (χ4n) is 2.85. The minimum Gasteiger partial charge on any atom is -0.378 e. The number of likely N-dealkylation sites (tertiary alicyclic amines) is 2. The van der Waals surface area contributed by atoms with Gasteiger partial charge in [0.05, 0.1) is 33.0 Å². The Balaban J connectivity index is 1.41. The van der Waals surface area contributed by atoms with E-state index in [1.54, 1.807) is 0 Å². The van der Waals surface area contributed by atoms with Gasteiger partial charge in [0, 0.05) is 39.0 Å². The van der Waals surface area contributed by atoms with E-state index in [1.807, 2.05) is 4.90 Å². The van der Waals surface area contributed by atoms with E-state index >= 15 is 0 Å². The molecule has 6 heteroatoms. The van der Waals surface area contributed by atoms with Gasteiger partial charge in [0.25, 0.3) is 0 Å². The fraction of sp³-hybridized carbons (Fsp3) is 0.875. The number of Topliss-reactive ketones (excluding diaryl/α,β-unsaturated/α-hetero) is 1. The van der Waals surface area contributed by atoms with Crippen LogP contribution in [-0.2, 0) is 19.1 Å². The summed E-state index contributed by atoms with van der Waals surface area (Å²) < 4.78 is 11.0. The Bertz CT molecular complexity index is 362. The lowest BCUT2D eigenvalue weighted by Gasteiger charge is -2.20. The average molecular weight is 312 g/mol. The maximum absolute atomic E-state index is 11.8. The van der Waals surface area contributed by atoms with E-state index in [9.17, 15) is 9.59 Å². The Morgan fingerprint density at radius 2 is 1.59 bits per heavy atom. The van der Waals surface area contributed by atoms with Gasteiger partial charge in [0.1, 0.15) is 5.78 Å². The van der Waals surface area contributed by atoms with Gasteiger partial charge in [0.2, 0.25) is 5.91 Å². The highest BCUT2D eigenvalue weighted by atomic mass is 16.5. The lowest BCUT2D eigenvalue weighted by Crippen LogP contribution is -2.33. The number of hydrogen-bond donors (Lipinski definition) is 0. The third-order valence-electron chi connectivity index (χ3n) is 4.21. The maximum atomic E-state index is 11.8. The molecular weight excluding hydrogens is 284 g/mol. The van der Waals surface area contributed by atoms with Crippen LogP contribution in [0.3, 0.4) is 0 Å². The van der Waals surface area contributed by atoms with Gasteiger partial charge < -0.3 is 14.4 Å². The zero-order valence-electron chi connectivity index (χ0n) is 13.4. The van der Waals surface area contributed by atoms with E-state index < -0.39 is 0 Å². The molecule has 0 aromatic carbocycles. The standard InChI is InChI=1S/C16H28N2O4/c19-15-5-7-17(14-15)8-10-21-12-13-22-11-9-18-6-3-1-2-4-16(18)20/h1-14H2. The number of rotatable bonds is 9. The van der Waals surface area contributed by atoms with Crippen molar-refractivity contribution in [2.24, 2.45) is 0 Å². The first-order chi connectivity index (χ1) is 10.8. The van der Waals surface area contributed by atoms with Crippen molar-refractivity contribution < 1.29 is 19.1 Å². The van der Waals surface area contributed by atoms with Gasteiger partial charge in [-0.15, -0.1) is 0 Å². The molecule has 0 bridgehead atoms. The molecule has 0 aromatic rings. The number of ether oxygens (including phenoxy) is 2. The molecule has 0 spiro atoms. The van der Waals surface area contributed by atoms with Crippen LogP contribution in [0.2, 0.25) is 0 Å². The van der Waals surface area contributed by atoms with Crippen molar-refractivity contribution in [2.45, 2.75) is 32.1 Å². The van der Waals surface area contributed by atoms with Gasteiger partial charge in [-0.25, -0.2) is 0 Å². The van der Waals surface area contributed by atoms with Crippen LogP contribution >= 0.6 is 0 Å². The smallest absolute Gasteiger partial charge is 0.222 e. The first-order valence-corrected chi connectivity index (χ1v) is 8.43. The van der Waals surface area contributed by atoms with Crippen molar-refractivity contribution in [3.8, 4) is 0 Å². The molecule has 0 aromatic heterocycles. The molecule has 0 N–H and O–H groups in total. The van der Waals surface area contributed by atoms with E-state index in [4.69, 9.17) is 9.47 Å². The Morgan fingerprint density at radius 3 is 2.32 bits per heavy atom. The molecule has 2 fully saturated rings. The Kier molecular flexibility index (Phi) is 7.83. The summed E-state index contributed by atoms with van der Waals surface area (Å²) in [6, 6.07) is 0. The molecule has 2 heterocycles. The number of ketones is 1. The molecule has 2 aliphatic heterocycles. The second-order valence-electron chi connectivity index (χ2n) is 5.98. The number of hydrogen-bond acceptors (Lipinski definition) is 5. The quantitative estimate of drug-likeness (QED) is 0.587. The lowest BCUT2D eigenvalue weighted by atomic mass is 10.2. The van der Waals surface area contributed by atoms with Crippen LogP contribution in [0.4, 0.5) is 0 Å². The molecule has 2 rings (SSSR count). The summed E-state index contributed by atoms with van der Waals surface area (Å²) in [5.74, 6) is 0.587. The summed E-state index contributed by atoms with van der Waals surface area (Å²) in [6.07, 6.45) is 4.64. The maximum Gasteiger partial charge on any atom is 0.222 e. The summed E-state index contributed by atoms with van der Waals surface area (Å²) in [5.41, 5.74) is 0. The van der Waals surface area contributed by atoms with Crippen molar-refractivity contribution in [2.75, 3.05) is 59.2 Å². The van der Waals surface area contributed by atoms with E-state index in [0.29, 0.717) is 58.1 Å². The number of amides is 1. The first kappa shape index (κ1) is 17.4. The minimum atomic E-state index is 0.262. The highest BCUT2D eigenvalue weighted by molar-refractivity contribution is 5.82. The number of nitrogens with zero attached hydrogens (tertiary/aromatic N) is 2. The zero-order valence-corrected chi connectivity index (χ0v) is 13.4. The van der Waals surface area contributed by atoms with Gasteiger partial charge in [-0.1, -0.05) is 6.42 Å². The lowest BCUT2D eigenvalue weighted by molar-refractivity contribution is -0.131. The molecular formula is C16H28N2O4. The Hall–Kier alpha value is -0.980. The molecule has 2 saturated heterocycles. The number of carbonyl (C=O) groups excluding carboxylic acids is 2. The van der Waals surface area contributed by atoms with Gasteiger partial charge in [-0.2, -0.15) is 0 Å². The van der Waals surface area contributed by atoms with Crippen molar-refractivity contribution in [1.29, 1.82) is 0 Å². The number of carbonyl (C=O) groups is 2. The van der Waals surface area contributed by atoms with E-state index in [2.05, 4.69) is 4.90 Å². The molecule has 126 valence electrons. The second-order valence-corrected chi connectivity index (χ2v) is 5.98. The minimum absolute atomic E-state index is 0.262. The predicted molar refractivity (Wildman–Crippen MR) is 82.8 cm³/mol. The van der Waals surface area contributed by atoms with E-state index in [1.165, 1.54) is 0 Å². The summed E-state index contributed by atoms with van der Waals surface area (Å²) in [7, 11) is 0. The summed E-state index contributed by atoms with van der Waals surface area (Å²) >= 11 is 0. The van der Waals surface area contributed by atoms with Crippen LogP contribution in [-0.4, -0.2) is 80.6 Å². The summed E-state index contributed by atoms with van der Waals surface area (Å²) in [5, 5.41) is 0. The van der Waals surface area contributed by atoms with Gasteiger partial charge in [0.15, 0.2) is 0 Å². The Morgan fingerprint density at radius 1 is 0.818 bits per heavy atom. The normalized spacial score (nSPS) is 20.6. The molecule has 0 saturated carbocycles. The second kappa shape index (κ2) is 9.92. The third-order valence-corrected chi connectivity index (χ3v) is 4.21. The van der Waals surface area contributed by atoms with E-state index in [-0.39, 0.29) is 5.91 Å².